The molecule has 1 saturated heterocycles. The molecule has 0 saturated carbocycles. The Bertz CT molecular complexity index is 993. The van der Waals surface area contributed by atoms with Crippen LogP contribution in [0.2, 0.25) is 5.02 Å². The smallest absolute Gasteiger partial charge is 0.266 e. The van der Waals surface area contributed by atoms with Gasteiger partial charge in [-0.25, -0.2) is 4.99 Å². The van der Waals surface area contributed by atoms with Crippen LogP contribution in [0.25, 0.3) is 0 Å². The number of benzene rings is 2. The van der Waals surface area contributed by atoms with E-state index in [1.165, 1.54) is 25.8 Å². The van der Waals surface area contributed by atoms with Gasteiger partial charge >= 0.3 is 0 Å². The fourth-order valence-corrected chi connectivity index (χ4v) is 4.02. The minimum atomic E-state index is -0.197. The molecule has 1 fully saturated rings. The van der Waals surface area contributed by atoms with Crippen LogP contribution >= 0.6 is 23.4 Å². The Hall–Kier alpha value is -2.51. The lowest BCUT2D eigenvalue weighted by atomic mass is 10.1. The van der Waals surface area contributed by atoms with E-state index < -0.39 is 0 Å². The van der Waals surface area contributed by atoms with Gasteiger partial charge in [-0.1, -0.05) is 29.4 Å². The molecule has 2 aromatic carbocycles. The Labute approximate surface area is 185 Å². The molecule has 0 aliphatic carbocycles. The summed E-state index contributed by atoms with van der Waals surface area (Å²) < 4.78 is 11.0. The number of Topliss-reactive ketones (excluding diaryl/α,β-unsaturated/α-hetero) is 1. The van der Waals surface area contributed by atoms with Gasteiger partial charge in [-0.3, -0.25) is 14.5 Å². The summed E-state index contributed by atoms with van der Waals surface area (Å²) in [6.07, 6.45) is 0.876. The Balaban J connectivity index is 1.74. The van der Waals surface area contributed by atoms with Gasteiger partial charge in [0.15, 0.2) is 29.1 Å². The van der Waals surface area contributed by atoms with Gasteiger partial charge < -0.3 is 9.47 Å². The summed E-state index contributed by atoms with van der Waals surface area (Å²) in [5.74, 6) is 1.44. The molecule has 1 aliphatic rings. The van der Waals surface area contributed by atoms with E-state index in [1.54, 1.807) is 29.2 Å². The molecule has 1 aliphatic heterocycles. The number of aryl methyl sites for hydroxylation is 1. The fraction of sp³-hybridized carbons (Fsp3) is 0.318. The van der Waals surface area contributed by atoms with Crippen molar-refractivity contribution in [3.8, 4) is 11.5 Å². The second-order valence-electron chi connectivity index (χ2n) is 6.79. The van der Waals surface area contributed by atoms with Gasteiger partial charge in [-0.05, 0) is 56.2 Å². The van der Waals surface area contributed by atoms with Gasteiger partial charge in [0.05, 0.1) is 12.8 Å². The quantitative estimate of drug-likeness (QED) is 0.591. The van der Waals surface area contributed by atoms with Gasteiger partial charge in [0.2, 0.25) is 0 Å². The van der Waals surface area contributed by atoms with Crippen LogP contribution in [0.1, 0.15) is 29.3 Å². The number of carbonyl (C=O) groups excluding carboxylic acids is 2. The molecule has 1 amide bonds. The van der Waals surface area contributed by atoms with E-state index in [-0.39, 0.29) is 18.3 Å². The number of carbonyl (C=O) groups is 2. The van der Waals surface area contributed by atoms with Crippen molar-refractivity contribution in [2.75, 3.05) is 26.0 Å². The molecule has 0 unspecified atom stereocenters. The first-order valence-corrected chi connectivity index (χ1v) is 10.8. The number of hydrogen-bond donors (Lipinski definition) is 0. The van der Waals surface area contributed by atoms with Crippen LogP contribution < -0.4 is 9.47 Å². The van der Waals surface area contributed by atoms with Crippen LogP contribution in [-0.2, 0) is 4.79 Å². The van der Waals surface area contributed by atoms with Crippen LogP contribution in [0.15, 0.2) is 41.4 Å². The SMILES string of the molecule is COc1cc(C(C)=O)ccc1OCC(=O)N1CCCSC1=Nc1ccc(C)c(Cl)c1. The zero-order valence-electron chi connectivity index (χ0n) is 17.1. The second kappa shape index (κ2) is 10.00. The molecule has 0 atom stereocenters. The minimum absolute atomic E-state index is 0.0710. The molecule has 1 heterocycles. The average Bonchev–Trinajstić information content (AvgIpc) is 2.74. The average molecular weight is 447 g/mol. The summed E-state index contributed by atoms with van der Waals surface area (Å²) >= 11 is 7.73. The number of amides is 1. The van der Waals surface area contributed by atoms with Crippen molar-refractivity contribution >= 4 is 45.9 Å². The summed E-state index contributed by atoms with van der Waals surface area (Å²) in [4.78, 5) is 30.7. The number of hydrogen-bond acceptors (Lipinski definition) is 6. The molecule has 158 valence electrons. The maximum absolute atomic E-state index is 12.9. The van der Waals surface area contributed by atoms with Crippen LogP contribution in [-0.4, -0.2) is 47.8 Å². The van der Waals surface area contributed by atoms with E-state index in [1.807, 2.05) is 19.1 Å². The number of thioether (sulfide) groups is 1. The van der Waals surface area contributed by atoms with Crippen molar-refractivity contribution in [3.05, 3.63) is 52.5 Å². The van der Waals surface area contributed by atoms with Crippen LogP contribution in [0.3, 0.4) is 0 Å². The molecule has 0 spiro atoms. The molecule has 3 rings (SSSR count). The Morgan fingerprint density at radius 2 is 2.00 bits per heavy atom. The lowest BCUT2D eigenvalue weighted by Crippen LogP contribution is -2.41. The van der Waals surface area contributed by atoms with E-state index in [4.69, 9.17) is 21.1 Å². The highest BCUT2D eigenvalue weighted by Crippen LogP contribution is 2.29. The Kier molecular flexibility index (Phi) is 7.39. The minimum Gasteiger partial charge on any atom is -0.493 e. The number of ether oxygens (including phenoxy) is 2. The molecule has 8 heteroatoms. The molecular formula is C22H23ClN2O4S. The number of halogens is 1. The van der Waals surface area contributed by atoms with E-state index in [0.29, 0.717) is 39.5 Å². The molecule has 0 bridgehead atoms. The molecular weight excluding hydrogens is 424 g/mol. The number of methoxy groups -OCH3 is 1. The van der Waals surface area contributed by atoms with Crippen molar-refractivity contribution in [1.82, 2.24) is 4.90 Å². The summed E-state index contributed by atoms with van der Waals surface area (Å²) in [7, 11) is 1.49. The van der Waals surface area contributed by atoms with Crippen molar-refractivity contribution < 1.29 is 19.1 Å². The third-order valence-electron chi connectivity index (χ3n) is 4.59. The number of ketones is 1. The summed E-state index contributed by atoms with van der Waals surface area (Å²) in [5.41, 5.74) is 2.20. The highest BCUT2D eigenvalue weighted by atomic mass is 35.5. The van der Waals surface area contributed by atoms with Crippen LogP contribution in [0.5, 0.6) is 11.5 Å². The van der Waals surface area contributed by atoms with Crippen LogP contribution in [0, 0.1) is 6.92 Å². The first kappa shape index (κ1) is 22.2. The number of rotatable bonds is 6. The van der Waals surface area contributed by atoms with Crippen molar-refractivity contribution in [1.29, 1.82) is 0 Å². The van der Waals surface area contributed by atoms with E-state index in [9.17, 15) is 9.59 Å². The predicted octanol–water partition coefficient (Wildman–Crippen LogP) is 4.89. The van der Waals surface area contributed by atoms with Gasteiger partial charge in [0.1, 0.15) is 0 Å². The second-order valence-corrected chi connectivity index (χ2v) is 8.26. The highest BCUT2D eigenvalue weighted by Gasteiger charge is 2.24. The maximum Gasteiger partial charge on any atom is 0.266 e. The summed E-state index contributed by atoms with van der Waals surface area (Å²) in [6, 6.07) is 10.5. The zero-order chi connectivity index (χ0) is 21.7. The molecule has 6 nitrogen and oxygen atoms in total. The lowest BCUT2D eigenvalue weighted by Gasteiger charge is -2.27. The first-order chi connectivity index (χ1) is 14.4. The maximum atomic E-state index is 12.9. The van der Waals surface area contributed by atoms with Crippen LogP contribution in [0.4, 0.5) is 5.69 Å². The molecule has 0 aromatic heterocycles. The largest absolute Gasteiger partial charge is 0.493 e. The zero-order valence-corrected chi connectivity index (χ0v) is 18.7. The number of nitrogens with zero attached hydrogens (tertiary/aromatic N) is 2. The molecule has 30 heavy (non-hydrogen) atoms. The van der Waals surface area contributed by atoms with E-state index >= 15 is 0 Å². The Morgan fingerprint density at radius 1 is 1.20 bits per heavy atom. The fourth-order valence-electron chi connectivity index (χ4n) is 2.87. The van der Waals surface area contributed by atoms with E-state index in [0.717, 1.165) is 17.7 Å². The van der Waals surface area contributed by atoms with Crippen molar-refractivity contribution in [2.24, 2.45) is 4.99 Å². The normalized spacial score (nSPS) is 15.2. The topological polar surface area (TPSA) is 68.2 Å². The van der Waals surface area contributed by atoms with Crippen molar-refractivity contribution in [2.45, 2.75) is 20.3 Å². The van der Waals surface area contributed by atoms with Crippen molar-refractivity contribution in [3.63, 3.8) is 0 Å². The summed E-state index contributed by atoms with van der Waals surface area (Å²) in [6.45, 7) is 3.83. The van der Waals surface area contributed by atoms with E-state index in [2.05, 4.69) is 4.99 Å². The Morgan fingerprint density at radius 3 is 2.70 bits per heavy atom. The molecule has 0 N–H and O–H groups in total. The predicted molar refractivity (Wildman–Crippen MR) is 121 cm³/mol. The third-order valence-corrected chi connectivity index (χ3v) is 6.06. The third kappa shape index (κ3) is 5.34. The van der Waals surface area contributed by atoms with Gasteiger partial charge in [0, 0.05) is 22.9 Å². The highest BCUT2D eigenvalue weighted by molar-refractivity contribution is 8.13. The lowest BCUT2D eigenvalue weighted by molar-refractivity contribution is -0.129. The molecule has 0 radical (unpaired) electrons. The van der Waals surface area contributed by atoms with Gasteiger partial charge in [-0.2, -0.15) is 0 Å². The first-order valence-electron chi connectivity index (χ1n) is 9.49. The van der Waals surface area contributed by atoms with Gasteiger partial charge in [0.25, 0.3) is 5.91 Å². The number of aliphatic imine (C=N–C) groups is 1. The molecule has 2 aromatic rings. The summed E-state index contributed by atoms with van der Waals surface area (Å²) in [5, 5.41) is 1.27. The monoisotopic (exact) mass is 446 g/mol. The number of amidine groups is 1. The van der Waals surface area contributed by atoms with Gasteiger partial charge in [-0.15, -0.1) is 0 Å². The standard InChI is InChI=1S/C22H23ClN2O4S/c1-14-5-7-17(12-18(14)23)24-22-25(9-4-10-30-22)21(27)13-29-19-8-6-16(15(2)26)11-20(19)28-3/h5-8,11-12H,4,9-10,13H2,1-3H3.